The highest BCUT2D eigenvalue weighted by atomic mass is 19.1. The average Bonchev–Trinajstić information content (AvgIpc) is 2.55. The molecule has 0 amide bonds. The molecule has 108 valence electrons. The van der Waals surface area contributed by atoms with Crippen LogP contribution in [-0.4, -0.2) is 4.98 Å². The van der Waals surface area contributed by atoms with Crippen molar-refractivity contribution in [3.63, 3.8) is 0 Å². The van der Waals surface area contributed by atoms with Crippen LogP contribution in [0.25, 0.3) is 0 Å². The highest BCUT2D eigenvalue weighted by Crippen LogP contribution is 2.26. The van der Waals surface area contributed by atoms with Gasteiger partial charge in [0, 0.05) is 11.8 Å². The molecule has 0 spiro atoms. The number of aromatic nitrogens is 1. The molecule has 1 aromatic carbocycles. The summed E-state index contributed by atoms with van der Waals surface area (Å²) < 4.78 is 18.9. The third kappa shape index (κ3) is 3.79. The Morgan fingerprint density at radius 2 is 2.19 bits per heavy atom. The zero-order valence-corrected chi connectivity index (χ0v) is 11.9. The smallest absolute Gasteiger partial charge is 0.140 e. The number of alkyl halides is 1. The van der Waals surface area contributed by atoms with Crippen molar-refractivity contribution in [2.45, 2.75) is 32.5 Å². The number of hydrogen-bond donors (Lipinski definition) is 0. The minimum Gasteiger partial charge on any atom is -0.484 e. The van der Waals surface area contributed by atoms with Gasteiger partial charge in [-0.05, 0) is 36.8 Å². The van der Waals surface area contributed by atoms with Crippen LogP contribution in [0.15, 0.2) is 42.6 Å². The summed E-state index contributed by atoms with van der Waals surface area (Å²) in [6, 6.07) is 12.5. The first kappa shape index (κ1) is 15.0. The second-order valence-electron chi connectivity index (χ2n) is 4.71. The first-order chi connectivity index (χ1) is 10.3. The monoisotopic (exact) mass is 284 g/mol. The van der Waals surface area contributed by atoms with Gasteiger partial charge in [0.15, 0.2) is 0 Å². The third-order valence-corrected chi connectivity index (χ3v) is 3.19. The fraction of sp³-hybridized carbons (Fsp3) is 0.294. The van der Waals surface area contributed by atoms with Gasteiger partial charge in [-0.3, -0.25) is 4.98 Å². The maximum absolute atomic E-state index is 12.9. The Hall–Kier alpha value is -2.41. The summed E-state index contributed by atoms with van der Waals surface area (Å²) in [5.74, 6) is 0.561. The summed E-state index contributed by atoms with van der Waals surface area (Å²) in [4.78, 5) is 4.32. The molecule has 2 aromatic rings. The highest BCUT2D eigenvalue weighted by molar-refractivity contribution is 5.42. The molecular formula is C17H17FN2O. The zero-order valence-electron chi connectivity index (χ0n) is 11.9. The Balaban J connectivity index is 2.23. The van der Waals surface area contributed by atoms with Crippen molar-refractivity contribution < 1.29 is 9.13 Å². The molecule has 3 nitrogen and oxygen atoms in total. The second-order valence-corrected chi connectivity index (χ2v) is 4.71. The van der Waals surface area contributed by atoms with Crippen molar-refractivity contribution in [2.24, 2.45) is 0 Å². The predicted octanol–water partition coefficient (Wildman–Crippen LogP) is 4.34. The predicted molar refractivity (Wildman–Crippen MR) is 78.5 cm³/mol. The van der Waals surface area contributed by atoms with Crippen LogP contribution in [0, 0.1) is 11.3 Å². The largest absolute Gasteiger partial charge is 0.484 e. The van der Waals surface area contributed by atoms with Crippen molar-refractivity contribution in [3.8, 4) is 11.8 Å². The lowest BCUT2D eigenvalue weighted by molar-refractivity contribution is 0.188. The van der Waals surface area contributed by atoms with E-state index in [-0.39, 0.29) is 6.10 Å². The molecular weight excluding hydrogens is 267 g/mol. The molecule has 0 saturated carbocycles. The van der Waals surface area contributed by atoms with Crippen LogP contribution in [0.1, 0.15) is 42.7 Å². The maximum Gasteiger partial charge on any atom is 0.140 e. The van der Waals surface area contributed by atoms with Crippen LogP contribution < -0.4 is 4.74 Å². The molecule has 1 heterocycles. The number of ether oxygens (including phenoxy) is 1. The first-order valence-corrected chi connectivity index (χ1v) is 6.95. The van der Waals surface area contributed by atoms with Gasteiger partial charge in [0.05, 0.1) is 17.3 Å². The lowest BCUT2D eigenvalue weighted by Crippen LogP contribution is -2.09. The van der Waals surface area contributed by atoms with Crippen molar-refractivity contribution in [1.29, 1.82) is 5.26 Å². The molecule has 1 unspecified atom stereocenters. The Bertz CT molecular complexity index is 622. The van der Waals surface area contributed by atoms with Crippen molar-refractivity contribution >= 4 is 0 Å². The van der Waals surface area contributed by atoms with E-state index in [0.29, 0.717) is 16.9 Å². The molecule has 4 heteroatoms. The molecule has 1 atom stereocenters. The third-order valence-electron chi connectivity index (χ3n) is 3.19. The van der Waals surface area contributed by atoms with E-state index in [2.05, 4.69) is 11.9 Å². The minimum absolute atomic E-state index is 0.170. The number of rotatable bonds is 6. The van der Waals surface area contributed by atoms with Gasteiger partial charge in [-0.1, -0.05) is 19.4 Å². The number of benzene rings is 1. The van der Waals surface area contributed by atoms with Gasteiger partial charge in [0.25, 0.3) is 0 Å². The fourth-order valence-electron chi connectivity index (χ4n) is 2.12. The summed E-state index contributed by atoms with van der Waals surface area (Å²) in [6.45, 7) is 1.40. The van der Waals surface area contributed by atoms with Crippen LogP contribution in [-0.2, 0) is 6.67 Å². The van der Waals surface area contributed by atoms with E-state index in [4.69, 9.17) is 10.00 Å². The Labute approximate surface area is 124 Å². The van der Waals surface area contributed by atoms with Gasteiger partial charge in [0.1, 0.15) is 18.5 Å². The van der Waals surface area contributed by atoms with Crippen molar-refractivity contribution in [2.75, 3.05) is 0 Å². The molecule has 1 aromatic heterocycles. The Morgan fingerprint density at radius 1 is 1.33 bits per heavy atom. The summed E-state index contributed by atoms with van der Waals surface area (Å²) in [5, 5.41) is 8.92. The number of nitrogens with zero attached hydrogens (tertiary/aromatic N) is 2. The lowest BCUT2D eigenvalue weighted by atomic mass is 10.1. The molecule has 0 radical (unpaired) electrons. The van der Waals surface area contributed by atoms with E-state index in [0.717, 1.165) is 18.5 Å². The summed E-state index contributed by atoms with van der Waals surface area (Å²) in [5.41, 5.74) is 1.55. The topological polar surface area (TPSA) is 45.9 Å². The minimum atomic E-state index is -0.678. The van der Waals surface area contributed by atoms with E-state index in [1.54, 1.807) is 24.4 Å². The molecule has 0 aliphatic heterocycles. The van der Waals surface area contributed by atoms with E-state index < -0.39 is 6.67 Å². The summed E-state index contributed by atoms with van der Waals surface area (Å²) in [6.07, 6.45) is 3.33. The number of hydrogen-bond acceptors (Lipinski definition) is 3. The quantitative estimate of drug-likeness (QED) is 0.792. The molecule has 0 aliphatic rings. The van der Waals surface area contributed by atoms with Crippen LogP contribution in [0.5, 0.6) is 5.75 Å². The first-order valence-electron chi connectivity index (χ1n) is 6.95. The standard InChI is InChI=1S/C17H17FN2O/c1-2-5-17(16-6-3-4-9-20-16)21-15-8-7-13(12-19)14(10-15)11-18/h3-4,6-10,17H,2,5,11H2,1H3. The Morgan fingerprint density at radius 3 is 2.81 bits per heavy atom. The van der Waals surface area contributed by atoms with Gasteiger partial charge in [-0.2, -0.15) is 5.26 Å². The molecule has 21 heavy (non-hydrogen) atoms. The van der Waals surface area contributed by atoms with Gasteiger partial charge >= 0.3 is 0 Å². The molecule has 2 rings (SSSR count). The van der Waals surface area contributed by atoms with Crippen LogP contribution in [0.2, 0.25) is 0 Å². The second kappa shape index (κ2) is 7.39. The van der Waals surface area contributed by atoms with E-state index in [1.165, 1.54) is 0 Å². The Kier molecular flexibility index (Phi) is 5.28. The number of nitriles is 1. The highest BCUT2D eigenvalue weighted by Gasteiger charge is 2.14. The molecule has 0 N–H and O–H groups in total. The van der Waals surface area contributed by atoms with Crippen LogP contribution in [0.4, 0.5) is 4.39 Å². The average molecular weight is 284 g/mol. The van der Waals surface area contributed by atoms with Crippen LogP contribution in [0.3, 0.4) is 0 Å². The molecule has 0 aliphatic carbocycles. The van der Waals surface area contributed by atoms with Crippen molar-refractivity contribution in [3.05, 3.63) is 59.4 Å². The molecule has 0 saturated heterocycles. The van der Waals surface area contributed by atoms with E-state index in [1.807, 2.05) is 24.3 Å². The number of pyridine rings is 1. The van der Waals surface area contributed by atoms with Crippen molar-refractivity contribution in [1.82, 2.24) is 4.98 Å². The normalized spacial score (nSPS) is 11.7. The maximum atomic E-state index is 12.9. The van der Waals surface area contributed by atoms with E-state index >= 15 is 0 Å². The van der Waals surface area contributed by atoms with Gasteiger partial charge < -0.3 is 4.74 Å². The van der Waals surface area contributed by atoms with Gasteiger partial charge in [-0.15, -0.1) is 0 Å². The number of halogens is 1. The van der Waals surface area contributed by atoms with E-state index in [9.17, 15) is 4.39 Å². The lowest BCUT2D eigenvalue weighted by Gasteiger charge is -2.18. The fourth-order valence-corrected chi connectivity index (χ4v) is 2.12. The zero-order chi connectivity index (χ0) is 15.1. The summed E-state index contributed by atoms with van der Waals surface area (Å²) >= 11 is 0. The van der Waals surface area contributed by atoms with Crippen LogP contribution >= 0.6 is 0 Å². The molecule has 0 fully saturated rings. The SMILES string of the molecule is CCCC(Oc1ccc(C#N)c(CF)c1)c1ccccn1. The van der Waals surface area contributed by atoms with Gasteiger partial charge in [-0.25, -0.2) is 4.39 Å². The summed E-state index contributed by atoms with van der Waals surface area (Å²) in [7, 11) is 0. The van der Waals surface area contributed by atoms with Gasteiger partial charge in [0.2, 0.25) is 0 Å². The molecule has 0 bridgehead atoms.